The molecule has 2 aromatic carbocycles. The van der Waals surface area contributed by atoms with Gasteiger partial charge in [0.05, 0.1) is 17.2 Å². The van der Waals surface area contributed by atoms with E-state index in [9.17, 15) is 18.4 Å². The molecule has 1 saturated heterocycles. The van der Waals surface area contributed by atoms with Crippen LogP contribution < -0.4 is 10.3 Å². The highest BCUT2D eigenvalue weighted by Gasteiger charge is 2.47. The Labute approximate surface area is 192 Å². The molecule has 1 saturated carbocycles. The van der Waals surface area contributed by atoms with Crippen LogP contribution in [0.25, 0.3) is 10.9 Å². The molecule has 2 aliphatic rings. The summed E-state index contributed by atoms with van der Waals surface area (Å²) in [4.78, 5) is 30.1. The van der Waals surface area contributed by atoms with E-state index in [1.54, 1.807) is 16.7 Å². The van der Waals surface area contributed by atoms with Crippen LogP contribution >= 0.6 is 0 Å². The van der Waals surface area contributed by atoms with Crippen molar-refractivity contribution in [1.82, 2.24) is 14.5 Å². The minimum absolute atomic E-state index is 0.0403. The molecule has 1 N–H and O–H groups in total. The lowest BCUT2D eigenvalue weighted by atomic mass is 9.60. The van der Waals surface area contributed by atoms with Crippen molar-refractivity contribution in [2.75, 3.05) is 13.1 Å². The average Bonchev–Trinajstić information content (AvgIpc) is 2.81. The summed E-state index contributed by atoms with van der Waals surface area (Å²) in [5.74, 6) is -2.26. The minimum Gasteiger partial charge on any atom is -0.465 e. The van der Waals surface area contributed by atoms with Crippen LogP contribution in [0, 0.1) is 28.4 Å². The van der Waals surface area contributed by atoms with Crippen LogP contribution in [0.5, 0.6) is 11.5 Å². The molecule has 1 aliphatic carbocycles. The van der Waals surface area contributed by atoms with E-state index in [4.69, 9.17) is 15.1 Å². The summed E-state index contributed by atoms with van der Waals surface area (Å²) in [6, 6.07) is 7.69. The molecule has 34 heavy (non-hydrogen) atoms. The maximum absolute atomic E-state index is 14.2. The van der Waals surface area contributed by atoms with Crippen molar-refractivity contribution < 1.29 is 23.4 Å². The summed E-state index contributed by atoms with van der Waals surface area (Å²) in [6.45, 7) is 0.990. The van der Waals surface area contributed by atoms with Gasteiger partial charge < -0.3 is 14.7 Å². The third-order valence-electron chi connectivity index (χ3n) is 6.97. The number of aromatic nitrogens is 2. The fraction of sp³-hybridized carbons (Fsp3) is 0.333. The number of nitrogens with zero attached hydrogens (tertiary/aromatic N) is 4. The molecule has 1 amide bonds. The van der Waals surface area contributed by atoms with Crippen molar-refractivity contribution in [3.05, 3.63) is 64.2 Å². The van der Waals surface area contributed by atoms with E-state index < -0.39 is 29.0 Å². The average molecular weight is 466 g/mol. The Kier molecular flexibility index (Phi) is 5.20. The summed E-state index contributed by atoms with van der Waals surface area (Å²) in [6.07, 6.45) is 3.68. The number of hydrogen-bond acceptors (Lipinski definition) is 5. The van der Waals surface area contributed by atoms with Crippen molar-refractivity contribution in [2.24, 2.45) is 5.41 Å². The molecular formula is C24H20F2N4O4. The number of halogens is 2. The van der Waals surface area contributed by atoms with E-state index in [0.29, 0.717) is 18.6 Å². The van der Waals surface area contributed by atoms with Crippen LogP contribution in [0.3, 0.4) is 0 Å². The van der Waals surface area contributed by atoms with Crippen LogP contribution in [0.1, 0.15) is 37.3 Å². The predicted molar refractivity (Wildman–Crippen MR) is 117 cm³/mol. The zero-order valence-electron chi connectivity index (χ0n) is 18.0. The standard InChI is InChI=1S/C24H20F2N4O4/c25-18-2-3-19(26)21(17(18)12-27)34-15-1-4-20-16(9-15)22(31)30(13-28-20)14-10-24(11-14)5-7-29(8-6-24)23(32)33/h1-4,9,13-14H,5-8,10-11H2,(H,32,33). The second-order valence-electron chi connectivity index (χ2n) is 8.91. The van der Waals surface area contributed by atoms with E-state index in [0.717, 1.165) is 37.8 Å². The number of likely N-dealkylation sites (tertiary alicyclic amines) is 1. The third-order valence-corrected chi connectivity index (χ3v) is 6.97. The van der Waals surface area contributed by atoms with Crippen LogP contribution in [-0.2, 0) is 0 Å². The molecule has 0 atom stereocenters. The normalized spacial score (nSPS) is 17.4. The van der Waals surface area contributed by atoms with Gasteiger partial charge in [0, 0.05) is 19.1 Å². The molecule has 5 rings (SSSR count). The van der Waals surface area contributed by atoms with Crippen molar-refractivity contribution in [1.29, 1.82) is 5.26 Å². The van der Waals surface area contributed by atoms with Gasteiger partial charge >= 0.3 is 6.09 Å². The Morgan fingerprint density at radius 2 is 1.88 bits per heavy atom. The second-order valence-corrected chi connectivity index (χ2v) is 8.91. The number of ether oxygens (including phenoxy) is 1. The molecule has 0 radical (unpaired) electrons. The van der Waals surface area contributed by atoms with E-state index >= 15 is 0 Å². The quantitative estimate of drug-likeness (QED) is 0.612. The molecule has 174 valence electrons. The number of carbonyl (C=O) groups is 1. The molecule has 1 aliphatic heterocycles. The first-order chi connectivity index (χ1) is 16.3. The zero-order chi connectivity index (χ0) is 24.0. The maximum atomic E-state index is 14.2. The van der Waals surface area contributed by atoms with Crippen LogP contribution in [0.4, 0.5) is 13.6 Å². The van der Waals surface area contributed by atoms with Crippen molar-refractivity contribution in [3.63, 3.8) is 0 Å². The highest BCUT2D eigenvalue weighted by molar-refractivity contribution is 5.79. The lowest BCUT2D eigenvalue weighted by Gasteiger charge is -2.52. The largest absolute Gasteiger partial charge is 0.465 e. The number of nitriles is 1. The van der Waals surface area contributed by atoms with Gasteiger partial charge in [-0.25, -0.2) is 18.6 Å². The number of carboxylic acid groups (broad SMARTS) is 1. The number of amides is 1. The zero-order valence-corrected chi connectivity index (χ0v) is 18.0. The van der Waals surface area contributed by atoms with E-state index in [1.807, 2.05) is 0 Å². The van der Waals surface area contributed by atoms with E-state index in [-0.39, 0.29) is 28.2 Å². The number of rotatable bonds is 3. The molecule has 0 unspecified atom stereocenters. The van der Waals surface area contributed by atoms with Gasteiger partial charge in [0.15, 0.2) is 11.6 Å². The molecule has 8 nitrogen and oxygen atoms in total. The number of benzene rings is 2. The Morgan fingerprint density at radius 3 is 2.56 bits per heavy atom. The Bertz CT molecular complexity index is 1400. The fourth-order valence-electron chi connectivity index (χ4n) is 5.01. The Morgan fingerprint density at radius 1 is 1.18 bits per heavy atom. The molecule has 3 aromatic rings. The smallest absolute Gasteiger partial charge is 0.407 e. The molecule has 2 fully saturated rings. The predicted octanol–water partition coefficient (Wildman–Crippen LogP) is 4.43. The Hall–Kier alpha value is -4.00. The summed E-state index contributed by atoms with van der Waals surface area (Å²) in [5.41, 5.74) is -0.369. The van der Waals surface area contributed by atoms with E-state index in [1.165, 1.54) is 23.4 Å². The lowest BCUT2D eigenvalue weighted by molar-refractivity contribution is -0.00419. The summed E-state index contributed by atoms with van der Waals surface area (Å²) in [7, 11) is 0. The van der Waals surface area contributed by atoms with Gasteiger partial charge in [-0.15, -0.1) is 0 Å². The first-order valence-electron chi connectivity index (χ1n) is 10.8. The fourth-order valence-corrected chi connectivity index (χ4v) is 5.01. The molecule has 0 bridgehead atoms. The van der Waals surface area contributed by atoms with Crippen molar-refractivity contribution in [3.8, 4) is 17.6 Å². The van der Waals surface area contributed by atoms with E-state index in [2.05, 4.69) is 4.98 Å². The Balaban J connectivity index is 1.40. The second kappa shape index (κ2) is 8.09. The van der Waals surface area contributed by atoms with Crippen LogP contribution in [0.2, 0.25) is 0 Å². The summed E-state index contributed by atoms with van der Waals surface area (Å²) in [5, 5.41) is 18.6. The molecule has 1 aromatic heterocycles. The first kappa shape index (κ1) is 21.8. The van der Waals surface area contributed by atoms with Gasteiger partial charge in [0.1, 0.15) is 23.2 Å². The van der Waals surface area contributed by atoms with Crippen molar-refractivity contribution >= 4 is 17.0 Å². The highest BCUT2D eigenvalue weighted by Crippen LogP contribution is 2.54. The molecule has 10 heteroatoms. The van der Waals surface area contributed by atoms with Gasteiger partial charge in [-0.3, -0.25) is 9.36 Å². The van der Waals surface area contributed by atoms with Gasteiger partial charge in [0.25, 0.3) is 5.56 Å². The van der Waals surface area contributed by atoms with Crippen LogP contribution in [0.15, 0.2) is 41.5 Å². The monoisotopic (exact) mass is 466 g/mol. The van der Waals surface area contributed by atoms with Gasteiger partial charge in [-0.2, -0.15) is 5.26 Å². The number of fused-ring (bicyclic) bond motifs is 1. The lowest BCUT2D eigenvalue weighted by Crippen LogP contribution is -2.50. The number of hydrogen-bond donors (Lipinski definition) is 1. The third kappa shape index (κ3) is 3.63. The van der Waals surface area contributed by atoms with Crippen LogP contribution in [-0.4, -0.2) is 38.7 Å². The maximum Gasteiger partial charge on any atom is 0.407 e. The summed E-state index contributed by atoms with van der Waals surface area (Å²) >= 11 is 0. The SMILES string of the molecule is N#Cc1c(F)ccc(F)c1Oc1ccc2ncn(C3CC4(CCN(C(=O)O)CC4)C3)c(=O)c2c1. The topological polar surface area (TPSA) is 108 Å². The van der Waals surface area contributed by atoms with Gasteiger partial charge in [-0.1, -0.05) is 0 Å². The molecular weight excluding hydrogens is 446 g/mol. The van der Waals surface area contributed by atoms with Crippen molar-refractivity contribution in [2.45, 2.75) is 31.7 Å². The van der Waals surface area contributed by atoms with Gasteiger partial charge in [0.2, 0.25) is 0 Å². The van der Waals surface area contributed by atoms with Gasteiger partial charge in [-0.05, 0) is 61.4 Å². The minimum atomic E-state index is -0.906. The highest BCUT2D eigenvalue weighted by atomic mass is 19.1. The number of piperidine rings is 1. The molecule has 2 heterocycles. The first-order valence-corrected chi connectivity index (χ1v) is 10.8. The summed E-state index contributed by atoms with van der Waals surface area (Å²) < 4.78 is 35.1. The molecule has 1 spiro atoms.